The molecular formula is C26H29FN2O6. The van der Waals surface area contributed by atoms with Crippen LogP contribution in [0.1, 0.15) is 23.6 Å². The third-order valence-electron chi connectivity index (χ3n) is 6.36. The van der Waals surface area contributed by atoms with Gasteiger partial charge in [-0.2, -0.15) is 0 Å². The lowest BCUT2D eigenvalue weighted by Gasteiger charge is -2.29. The Morgan fingerprint density at radius 2 is 1.77 bits per heavy atom. The van der Waals surface area contributed by atoms with Gasteiger partial charge in [0.15, 0.2) is 11.5 Å². The number of carbonyl (C=O) groups is 2. The molecule has 1 N–H and O–H groups in total. The predicted octanol–water partition coefficient (Wildman–Crippen LogP) is 2.99. The number of aliphatic hydroxyl groups excluding tert-OH is 1. The van der Waals surface area contributed by atoms with Crippen LogP contribution in [0.25, 0.3) is 5.76 Å². The molecule has 0 saturated carbocycles. The number of ketones is 1. The minimum absolute atomic E-state index is 0.0699. The summed E-state index contributed by atoms with van der Waals surface area (Å²) in [6.45, 7) is 4.01. The lowest BCUT2D eigenvalue weighted by molar-refractivity contribution is -0.140. The first-order valence-corrected chi connectivity index (χ1v) is 11.5. The fourth-order valence-corrected chi connectivity index (χ4v) is 4.61. The molecule has 35 heavy (non-hydrogen) atoms. The SMILES string of the molecule is COc1cccc([C@@H]2/C(=C(\O)c3ccc(F)cc3)C(=O)C(=O)N2CCCN2CCOCC2)c1OC. The largest absolute Gasteiger partial charge is 0.507 e. The summed E-state index contributed by atoms with van der Waals surface area (Å²) in [7, 11) is 2.98. The zero-order chi connectivity index (χ0) is 24.9. The van der Waals surface area contributed by atoms with Crippen molar-refractivity contribution >= 4 is 17.4 Å². The molecule has 1 amide bonds. The Kier molecular flexibility index (Phi) is 7.67. The van der Waals surface area contributed by atoms with E-state index in [0.29, 0.717) is 43.2 Å². The van der Waals surface area contributed by atoms with E-state index in [-0.39, 0.29) is 16.9 Å². The van der Waals surface area contributed by atoms with E-state index in [1.54, 1.807) is 18.2 Å². The Bertz CT molecular complexity index is 1110. The van der Waals surface area contributed by atoms with Gasteiger partial charge in [-0.15, -0.1) is 0 Å². The predicted molar refractivity (Wildman–Crippen MR) is 127 cm³/mol. The molecule has 2 aromatic rings. The molecule has 1 atom stereocenters. The lowest BCUT2D eigenvalue weighted by atomic mass is 9.94. The number of benzene rings is 2. The molecular weight excluding hydrogens is 455 g/mol. The van der Waals surface area contributed by atoms with Gasteiger partial charge in [0, 0.05) is 37.3 Å². The molecule has 0 aliphatic carbocycles. The van der Waals surface area contributed by atoms with Gasteiger partial charge in [-0.25, -0.2) is 4.39 Å². The summed E-state index contributed by atoms with van der Waals surface area (Å²) in [6.07, 6.45) is 0.631. The average Bonchev–Trinajstić information content (AvgIpc) is 3.13. The molecule has 2 aliphatic heterocycles. The van der Waals surface area contributed by atoms with Gasteiger partial charge in [0.25, 0.3) is 11.7 Å². The van der Waals surface area contributed by atoms with Gasteiger partial charge in [0.2, 0.25) is 0 Å². The van der Waals surface area contributed by atoms with Crippen molar-refractivity contribution in [1.82, 2.24) is 9.80 Å². The van der Waals surface area contributed by atoms with Crippen LogP contribution >= 0.6 is 0 Å². The first-order valence-electron chi connectivity index (χ1n) is 11.5. The number of methoxy groups -OCH3 is 2. The van der Waals surface area contributed by atoms with E-state index in [9.17, 15) is 19.1 Å². The number of halogens is 1. The van der Waals surface area contributed by atoms with Crippen molar-refractivity contribution < 1.29 is 33.3 Å². The number of Topliss-reactive ketones (excluding diaryl/α,β-unsaturated/α-hetero) is 1. The Labute approximate surface area is 203 Å². The standard InChI is InChI=1S/C26H29FN2O6/c1-33-20-6-3-5-19(25(20)34-2)22-21(23(30)17-7-9-18(27)10-8-17)24(31)26(32)29(22)12-4-11-28-13-15-35-16-14-28/h3,5-10,22,30H,4,11-16H2,1-2H3/b23-21+/t22-/m1/s1. The van der Waals surface area contributed by atoms with E-state index in [2.05, 4.69) is 4.90 Å². The number of amides is 1. The average molecular weight is 485 g/mol. The fraction of sp³-hybridized carbons (Fsp3) is 0.385. The summed E-state index contributed by atoms with van der Waals surface area (Å²) in [6, 6.07) is 9.42. The highest BCUT2D eigenvalue weighted by molar-refractivity contribution is 6.46. The van der Waals surface area contributed by atoms with Gasteiger partial charge in [-0.3, -0.25) is 14.5 Å². The second-order valence-corrected chi connectivity index (χ2v) is 8.39. The number of para-hydroxylation sites is 1. The van der Waals surface area contributed by atoms with Crippen molar-refractivity contribution in [3.05, 3.63) is 65.0 Å². The van der Waals surface area contributed by atoms with Crippen molar-refractivity contribution in [2.75, 3.05) is 53.6 Å². The number of morpholine rings is 1. The molecule has 2 aromatic carbocycles. The van der Waals surface area contributed by atoms with Gasteiger partial charge in [0.05, 0.1) is 39.0 Å². The number of aliphatic hydroxyl groups is 1. The van der Waals surface area contributed by atoms with E-state index < -0.39 is 23.5 Å². The van der Waals surface area contributed by atoms with E-state index >= 15 is 0 Å². The summed E-state index contributed by atoms with van der Waals surface area (Å²) in [5, 5.41) is 11.1. The van der Waals surface area contributed by atoms with E-state index in [1.165, 1.54) is 43.4 Å². The van der Waals surface area contributed by atoms with Crippen molar-refractivity contribution in [2.24, 2.45) is 0 Å². The molecule has 0 unspecified atom stereocenters. The van der Waals surface area contributed by atoms with Gasteiger partial charge >= 0.3 is 0 Å². The van der Waals surface area contributed by atoms with Gasteiger partial charge in [-0.05, 0) is 36.8 Å². The van der Waals surface area contributed by atoms with Crippen molar-refractivity contribution in [1.29, 1.82) is 0 Å². The molecule has 9 heteroatoms. The second-order valence-electron chi connectivity index (χ2n) is 8.39. The van der Waals surface area contributed by atoms with Gasteiger partial charge < -0.3 is 24.2 Å². The number of ether oxygens (including phenoxy) is 3. The molecule has 0 spiro atoms. The highest BCUT2D eigenvalue weighted by atomic mass is 19.1. The van der Waals surface area contributed by atoms with Crippen LogP contribution in [0.4, 0.5) is 4.39 Å². The van der Waals surface area contributed by atoms with Crippen molar-refractivity contribution in [3.63, 3.8) is 0 Å². The van der Waals surface area contributed by atoms with Crippen LogP contribution in [0.15, 0.2) is 48.0 Å². The maximum Gasteiger partial charge on any atom is 0.295 e. The third kappa shape index (κ3) is 5.01. The maximum absolute atomic E-state index is 13.5. The molecule has 4 rings (SSSR count). The third-order valence-corrected chi connectivity index (χ3v) is 6.36. The van der Waals surface area contributed by atoms with E-state index in [1.807, 2.05) is 0 Å². The normalized spacial score (nSPS) is 20.3. The Balaban J connectivity index is 1.75. The maximum atomic E-state index is 13.5. The fourth-order valence-electron chi connectivity index (χ4n) is 4.61. The number of nitrogens with zero attached hydrogens (tertiary/aromatic N) is 2. The Hall–Kier alpha value is -3.43. The molecule has 2 heterocycles. The second kappa shape index (κ2) is 10.9. The number of rotatable bonds is 8. The van der Waals surface area contributed by atoms with Crippen LogP contribution in [0.2, 0.25) is 0 Å². The molecule has 2 saturated heterocycles. The minimum Gasteiger partial charge on any atom is -0.507 e. The topological polar surface area (TPSA) is 88.5 Å². The molecule has 186 valence electrons. The molecule has 0 bridgehead atoms. The van der Waals surface area contributed by atoms with Crippen LogP contribution in [0, 0.1) is 5.82 Å². The quantitative estimate of drug-likeness (QED) is 0.350. The smallest absolute Gasteiger partial charge is 0.295 e. The Morgan fingerprint density at radius 3 is 2.43 bits per heavy atom. The first-order chi connectivity index (χ1) is 17.0. The summed E-state index contributed by atoms with van der Waals surface area (Å²) in [5.41, 5.74) is 0.685. The summed E-state index contributed by atoms with van der Waals surface area (Å²) in [5.74, 6) is -1.54. The molecule has 2 aliphatic rings. The molecule has 0 radical (unpaired) electrons. The highest BCUT2D eigenvalue weighted by Gasteiger charge is 2.47. The minimum atomic E-state index is -0.894. The van der Waals surface area contributed by atoms with Crippen molar-refractivity contribution in [3.8, 4) is 11.5 Å². The van der Waals surface area contributed by atoms with Crippen LogP contribution in [0.5, 0.6) is 11.5 Å². The Morgan fingerprint density at radius 1 is 1.06 bits per heavy atom. The van der Waals surface area contributed by atoms with E-state index in [0.717, 1.165) is 19.6 Å². The highest BCUT2D eigenvalue weighted by Crippen LogP contribution is 2.45. The zero-order valence-electron chi connectivity index (χ0n) is 19.8. The van der Waals surface area contributed by atoms with Crippen LogP contribution in [-0.4, -0.2) is 80.2 Å². The number of likely N-dealkylation sites (tertiary alicyclic amines) is 1. The molecule has 0 aromatic heterocycles. The van der Waals surface area contributed by atoms with Crippen LogP contribution in [-0.2, 0) is 14.3 Å². The van der Waals surface area contributed by atoms with Crippen LogP contribution < -0.4 is 9.47 Å². The van der Waals surface area contributed by atoms with Gasteiger partial charge in [0.1, 0.15) is 11.6 Å². The number of hydrogen-bond acceptors (Lipinski definition) is 7. The summed E-state index contributed by atoms with van der Waals surface area (Å²) < 4.78 is 29.9. The number of hydrogen-bond donors (Lipinski definition) is 1. The van der Waals surface area contributed by atoms with E-state index in [4.69, 9.17) is 14.2 Å². The molecule has 8 nitrogen and oxygen atoms in total. The monoisotopic (exact) mass is 484 g/mol. The summed E-state index contributed by atoms with van der Waals surface area (Å²) >= 11 is 0. The van der Waals surface area contributed by atoms with Gasteiger partial charge in [-0.1, -0.05) is 12.1 Å². The first kappa shape index (κ1) is 24.7. The molecule has 2 fully saturated rings. The van der Waals surface area contributed by atoms with Crippen LogP contribution in [0.3, 0.4) is 0 Å². The van der Waals surface area contributed by atoms with Crippen molar-refractivity contribution in [2.45, 2.75) is 12.5 Å². The zero-order valence-corrected chi connectivity index (χ0v) is 19.8. The lowest BCUT2D eigenvalue weighted by Crippen LogP contribution is -2.39. The number of carbonyl (C=O) groups excluding carboxylic acids is 2. The summed E-state index contributed by atoms with van der Waals surface area (Å²) in [4.78, 5) is 30.1.